The largest absolute Gasteiger partial charge is 0.457 e. The molecule has 2 fully saturated rings. The maximum absolute atomic E-state index is 13.0. The molecule has 0 aliphatic carbocycles. The summed E-state index contributed by atoms with van der Waals surface area (Å²) in [6, 6.07) is 0. The molecular weight excluding hydrogens is 885 g/mol. The zero-order valence-electron chi connectivity index (χ0n) is 43.1. The number of esters is 1. The summed E-state index contributed by atoms with van der Waals surface area (Å²) >= 11 is 0. The first kappa shape index (κ1) is 63.3. The van der Waals surface area contributed by atoms with E-state index in [1.807, 2.05) is 0 Å². The number of allylic oxidation sites excluding steroid dienone is 6. The fourth-order valence-corrected chi connectivity index (χ4v) is 8.60. The quantitative estimate of drug-likeness (QED) is 0.0173. The lowest BCUT2D eigenvalue weighted by Crippen LogP contribution is -2.61. The Labute approximate surface area is 417 Å². The molecule has 14 nitrogen and oxygen atoms in total. The van der Waals surface area contributed by atoms with Crippen LogP contribution in [-0.2, 0) is 33.2 Å². The molecular formula is C55H100O14. The van der Waals surface area contributed by atoms with Gasteiger partial charge in [0.15, 0.2) is 12.6 Å². The Morgan fingerprint density at radius 1 is 0.478 bits per heavy atom. The smallest absolute Gasteiger partial charge is 0.306 e. The second-order valence-corrected chi connectivity index (χ2v) is 19.4. The SMILES string of the molecule is CCCCC/C=C\C/C=C\CCCCCCCCCCCCOCC(COC1OC(COC2OC(CO)C(O)C(O)C2O)C(O)C(O)C1O)OC(=O)CCCCCCC/C=C\CCCCCCCC. The first-order valence-corrected chi connectivity index (χ1v) is 27.6. The topological polar surface area (TPSA) is 214 Å². The minimum absolute atomic E-state index is 0.0573. The molecule has 0 aromatic rings. The van der Waals surface area contributed by atoms with Crippen molar-refractivity contribution in [3.05, 3.63) is 36.5 Å². The van der Waals surface area contributed by atoms with Crippen LogP contribution < -0.4 is 0 Å². The second-order valence-electron chi connectivity index (χ2n) is 19.4. The summed E-state index contributed by atoms with van der Waals surface area (Å²) in [7, 11) is 0. The highest BCUT2D eigenvalue weighted by atomic mass is 16.7. The molecule has 69 heavy (non-hydrogen) atoms. The molecule has 404 valence electrons. The maximum atomic E-state index is 13.0. The normalized spacial score (nSPS) is 25.9. The third-order valence-electron chi connectivity index (χ3n) is 13.1. The molecule has 0 aromatic carbocycles. The van der Waals surface area contributed by atoms with Crippen LogP contribution >= 0.6 is 0 Å². The number of hydrogen-bond donors (Lipinski definition) is 7. The number of rotatable bonds is 44. The van der Waals surface area contributed by atoms with Crippen LogP contribution in [0.5, 0.6) is 0 Å². The van der Waals surface area contributed by atoms with Crippen LogP contribution in [0.2, 0.25) is 0 Å². The molecule has 2 rings (SSSR count). The first-order chi connectivity index (χ1) is 33.6. The van der Waals surface area contributed by atoms with Gasteiger partial charge in [-0.25, -0.2) is 0 Å². The Balaban J connectivity index is 1.74. The van der Waals surface area contributed by atoms with Gasteiger partial charge in [-0.1, -0.05) is 166 Å². The molecule has 14 heteroatoms. The van der Waals surface area contributed by atoms with Gasteiger partial charge in [0.05, 0.1) is 26.4 Å². The van der Waals surface area contributed by atoms with E-state index in [-0.39, 0.29) is 25.6 Å². The summed E-state index contributed by atoms with van der Waals surface area (Å²) in [4.78, 5) is 13.0. The van der Waals surface area contributed by atoms with Crippen molar-refractivity contribution >= 4 is 5.97 Å². The van der Waals surface area contributed by atoms with Gasteiger partial charge >= 0.3 is 5.97 Å². The molecule has 7 N–H and O–H groups in total. The number of aliphatic hydroxyl groups is 7. The van der Waals surface area contributed by atoms with Gasteiger partial charge in [0.1, 0.15) is 54.9 Å². The van der Waals surface area contributed by atoms with E-state index in [1.165, 1.54) is 116 Å². The van der Waals surface area contributed by atoms with Crippen LogP contribution in [0.4, 0.5) is 0 Å². The lowest BCUT2D eigenvalue weighted by molar-refractivity contribution is -0.332. The summed E-state index contributed by atoms with van der Waals surface area (Å²) < 4.78 is 34.3. The Morgan fingerprint density at radius 3 is 1.43 bits per heavy atom. The van der Waals surface area contributed by atoms with Gasteiger partial charge in [-0.2, -0.15) is 0 Å². The summed E-state index contributed by atoms with van der Waals surface area (Å²) in [5.74, 6) is -0.385. The number of carbonyl (C=O) groups excluding carboxylic acids is 1. The third kappa shape index (κ3) is 30.1. The van der Waals surface area contributed by atoms with Crippen molar-refractivity contribution in [3.8, 4) is 0 Å². The van der Waals surface area contributed by atoms with Crippen LogP contribution in [0.1, 0.15) is 206 Å². The van der Waals surface area contributed by atoms with Crippen LogP contribution in [0.25, 0.3) is 0 Å². The van der Waals surface area contributed by atoms with Gasteiger partial charge in [-0.05, 0) is 70.6 Å². The third-order valence-corrected chi connectivity index (χ3v) is 13.1. The van der Waals surface area contributed by atoms with E-state index in [0.717, 1.165) is 64.2 Å². The average molecular weight is 985 g/mol. The minimum Gasteiger partial charge on any atom is -0.457 e. The predicted molar refractivity (Wildman–Crippen MR) is 270 cm³/mol. The summed E-state index contributed by atoms with van der Waals surface area (Å²) in [5.41, 5.74) is 0. The second kappa shape index (κ2) is 42.7. The van der Waals surface area contributed by atoms with E-state index >= 15 is 0 Å². The molecule has 11 atom stereocenters. The standard InChI is InChI=1S/C55H100O14/c1-3-5-7-9-11-13-15-17-19-20-21-22-23-25-27-29-31-33-35-37-39-64-41-44(67-47(57)38-36-34-32-30-28-26-24-18-16-14-12-10-8-6-4-2)42-65-54-53(63)51(61)49(59)46(69-54)43-66-55-52(62)50(60)48(58)45(40-56)68-55/h11,13,17-19,24,44-46,48-56,58-63H,3-10,12,14-16,20-23,25-43H2,1-2H3/b13-11-,19-17-,24-18-. The van der Waals surface area contributed by atoms with Crippen molar-refractivity contribution < 1.29 is 69.0 Å². The van der Waals surface area contributed by atoms with Gasteiger partial charge in [0.2, 0.25) is 0 Å². The van der Waals surface area contributed by atoms with Crippen molar-refractivity contribution in [3.63, 3.8) is 0 Å². The highest BCUT2D eigenvalue weighted by Crippen LogP contribution is 2.26. The molecule has 0 saturated carbocycles. The van der Waals surface area contributed by atoms with E-state index in [0.29, 0.717) is 13.0 Å². The number of ether oxygens (including phenoxy) is 6. The van der Waals surface area contributed by atoms with Gasteiger partial charge in [0, 0.05) is 13.0 Å². The van der Waals surface area contributed by atoms with Crippen LogP contribution in [0, 0.1) is 0 Å². The highest BCUT2D eigenvalue weighted by Gasteiger charge is 2.47. The monoisotopic (exact) mass is 985 g/mol. The van der Waals surface area contributed by atoms with Crippen LogP contribution in [0.3, 0.4) is 0 Å². The molecule has 2 aliphatic rings. The molecule has 0 aromatic heterocycles. The zero-order valence-corrected chi connectivity index (χ0v) is 43.1. The van der Waals surface area contributed by atoms with E-state index in [4.69, 9.17) is 28.4 Å². The zero-order chi connectivity index (χ0) is 50.2. The highest BCUT2D eigenvalue weighted by molar-refractivity contribution is 5.69. The van der Waals surface area contributed by atoms with Crippen molar-refractivity contribution in [2.45, 2.75) is 274 Å². The predicted octanol–water partition coefficient (Wildman–Crippen LogP) is 8.97. The van der Waals surface area contributed by atoms with E-state index in [2.05, 4.69) is 50.3 Å². The van der Waals surface area contributed by atoms with Gasteiger partial charge in [-0.15, -0.1) is 0 Å². The molecule has 0 amide bonds. The lowest BCUT2D eigenvalue weighted by atomic mass is 9.98. The van der Waals surface area contributed by atoms with Gasteiger partial charge in [0.25, 0.3) is 0 Å². The van der Waals surface area contributed by atoms with Crippen molar-refractivity contribution in [1.82, 2.24) is 0 Å². The fourth-order valence-electron chi connectivity index (χ4n) is 8.60. The minimum atomic E-state index is -1.71. The van der Waals surface area contributed by atoms with Crippen molar-refractivity contribution in [1.29, 1.82) is 0 Å². The molecule has 0 bridgehead atoms. The Hall–Kier alpha value is -1.79. The molecule has 11 unspecified atom stereocenters. The number of carbonyl (C=O) groups is 1. The van der Waals surface area contributed by atoms with Crippen molar-refractivity contribution in [2.24, 2.45) is 0 Å². The Morgan fingerprint density at radius 2 is 0.899 bits per heavy atom. The summed E-state index contributed by atoms with van der Waals surface area (Å²) in [6.07, 6.45) is 32.0. The molecule has 2 aliphatic heterocycles. The number of unbranched alkanes of at least 4 members (excludes halogenated alkanes) is 24. The Kier molecular flexibility index (Phi) is 39.2. The molecule has 0 spiro atoms. The fraction of sp³-hybridized carbons (Fsp3) is 0.873. The molecule has 0 radical (unpaired) electrons. The average Bonchev–Trinajstić information content (AvgIpc) is 3.35. The van der Waals surface area contributed by atoms with Crippen LogP contribution in [-0.4, -0.2) is 142 Å². The van der Waals surface area contributed by atoms with E-state index in [1.54, 1.807) is 0 Å². The number of hydrogen-bond acceptors (Lipinski definition) is 14. The summed E-state index contributed by atoms with van der Waals surface area (Å²) in [6.45, 7) is 3.66. The molecule has 2 heterocycles. The maximum Gasteiger partial charge on any atom is 0.306 e. The van der Waals surface area contributed by atoms with Gasteiger partial charge in [-0.3, -0.25) is 4.79 Å². The molecule has 2 saturated heterocycles. The lowest BCUT2D eigenvalue weighted by Gasteiger charge is -2.42. The van der Waals surface area contributed by atoms with Gasteiger partial charge < -0.3 is 64.2 Å². The number of aliphatic hydroxyl groups excluding tert-OH is 7. The Bertz CT molecular complexity index is 1280. The first-order valence-electron chi connectivity index (χ1n) is 27.6. The van der Waals surface area contributed by atoms with Crippen molar-refractivity contribution in [2.75, 3.05) is 33.0 Å². The summed E-state index contributed by atoms with van der Waals surface area (Å²) in [5, 5.41) is 72.2. The van der Waals surface area contributed by atoms with E-state index < -0.39 is 80.7 Å². The van der Waals surface area contributed by atoms with Crippen LogP contribution in [0.15, 0.2) is 36.5 Å². The van der Waals surface area contributed by atoms with E-state index in [9.17, 15) is 40.5 Å².